The summed E-state index contributed by atoms with van der Waals surface area (Å²) in [6.07, 6.45) is -4.75. The van der Waals surface area contributed by atoms with Gasteiger partial charge in [-0.15, -0.1) is 0 Å². The van der Waals surface area contributed by atoms with Crippen LogP contribution in [0.5, 0.6) is 0 Å². The number of hydrogen-bond donors (Lipinski definition) is 2. The minimum atomic E-state index is -4.52. The van der Waals surface area contributed by atoms with Crippen LogP contribution in [0.25, 0.3) is 0 Å². The Morgan fingerprint density at radius 2 is 1.87 bits per heavy atom. The molecule has 0 spiro atoms. The van der Waals surface area contributed by atoms with E-state index >= 15 is 0 Å². The van der Waals surface area contributed by atoms with Crippen LogP contribution in [0.15, 0.2) is 60.7 Å². The van der Waals surface area contributed by atoms with Gasteiger partial charge < -0.3 is 10.6 Å². The van der Waals surface area contributed by atoms with Gasteiger partial charge >= 0.3 is 6.18 Å². The summed E-state index contributed by atoms with van der Waals surface area (Å²) in [7, 11) is 0. The van der Waals surface area contributed by atoms with Gasteiger partial charge in [-0.2, -0.15) is 23.5 Å². The van der Waals surface area contributed by atoms with Gasteiger partial charge in [0.15, 0.2) is 11.7 Å². The molecule has 2 aromatic carbocycles. The van der Waals surface area contributed by atoms with E-state index < -0.39 is 24.2 Å². The largest absolute Gasteiger partial charge is 0.410 e. The quantitative estimate of drug-likeness (QED) is 0.656. The number of amides is 1. The average molecular weight is 411 g/mol. The summed E-state index contributed by atoms with van der Waals surface area (Å²) in [5, 5.41) is 18.4. The molecule has 1 aromatic heterocycles. The first kappa shape index (κ1) is 19.5. The molecule has 0 bridgehead atoms. The number of carbonyl (C=O) groups excluding carboxylic acids is 1. The standard InChI is InChI=1S/C21H16F3N5O/c22-21(23,24)18-10-16(14-4-2-1-3-5-14)27-19-11-17(28-29(18)19)20(30)26-15-8-6-13(12-25)7-9-15/h1-9,11,16,18,27H,10H2,(H,26,30). The summed E-state index contributed by atoms with van der Waals surface area (Å²) in [6.45, 7) is 0. The lowest BCUT2D eigenvalue weighted by atomic mass is 9.97. The van der Waals surface area contributed by atoms with Crippen molar-refractivity contribution in [2.75, 3.05) is 10.6 Å². The van der Waals surface area contributed by atoms with E-state index in [9.17, 15) is 18.0 Å². The minimum Gasteiger partial charge on any atom is -0.363 e. The molecule has 1 aliphatic rings. The number of nitriles is 1. The normalized spacial score (nSPS) is 18.1. The molecule has 3 aromatic rings. The first-order valence-corrected chi connectivity index (χ1v) is 9.14. The summed E-state index contributed by atoms with van der Waals surface area (Å²) in [5.41, 5.74) is 1.43. The van der Waals surface area contributed by atoms with Gasteiger partial charge in [-0.3, -0.25) is 4.79 Å². The molecule has 0 fully saturated rings. The molecule has 6 nitrogen and oxygen atoms in total. The molecular weight excluding hydrogens is 395 g/mol. The number of benzene rings is 2. The van der Waals surface area contributed by atoms with Crippen LogP contribution in [-0.2, 0) is 0 Å². The maximum absolute atomic E-state index is 13.7. The number of rotatable bonds is 3. The van der Waals surface area contributed by atoms with Crippen molar-refractivity contribution >= 4 is 17.4 Å². The monoisotopic (exact) mass is 411 g/mol. The van der Waals surface area contributed by atoms with Crippen molar-refractivity contribution in [3.63, 3.8) is 0 Å². The molecule has 4 rings (SSSR count). The van der Waals surface area contributed by atoms with Gasteiger partial charge in [0.2, 0.25) is 0 Å². The second-order valence-electron chi connectivity index (χ2n) is 6.90. The molecule has 0 saturated carbocycles. The van der Waals surface area contributed by atoms with Crippen molar-refractivity contribution in [3.05, 3.63) is 77.5 Å². The Hall–Kier alpha value is -3.80. The van der Waals surface area contributed by atoms with Crippen LogP contribution in [0, 0.1) is 11.3 Å². The predicted octanol–water partition coefficient (Wildman–Crippen LogP) is 4.67. The van der Waals surface area contributed by atoms with Crippen molar-refractivity contribution in [1.82, 2.24) is 9.78 Å². The molecule has 2 heterocycles. The van der Waals surface area contributed by atoms with Gasteiger partial charge in [0.05, 0.1) is 17.7 Å². The average Bonchev–Trinajstić information content (AvgIpc) is 3.18. The highest BCUT2D eigenvalue weighted by Crippen LogP contribution is 2.43. The van der Waals surface area contributed by atoms with Gasteiger partial charge in [0, 0.05) is 18.2 Å². The molecule has 2 N–H and O–H groups in total. The predicted molar refractivity (Wildman–Crippen MR) is 104 cm³/mol. The minimum absolute atomic E-state index is 0.127. The van der Waals surface area contributed by atoms with Crippen LogP contribution in [0.1, 0.15) is 40.1 Å². The van der Waals surface area contributed by atoms with E-state index in [1.165, 1.54) is 30.3 Å². The molecule has 1 aliphatic heterocycles. The third kappa shape index (κ3) is 3.85. The van der Waals surface area contributed by atoms with Crippen LogP contribution < -0.4 is 10.6 Å². The molecule has 0 aliphatic carbocycles. The van der Waals surface area contributed by atoms with Crippen molar-refractivity contribution in [3.8, 4) is 6.07 Å². The van der Waals surface area contributed by atoms with Crippen LogP contribution in [0.3, 0.4) is 0 Å². The topological polar surface area (TPSA) is 82.7 Å². The molecule has 2 unspecified atom stereocenters. The second kappa shape index (κ2) is 7.55. The highest BCUT2D eigenvalue weighted by molar-refractivity contribution is 6.03. The summed E-state index contributed by atoms with van der Waals surface area (Å²) < 4.78 is 42.0. The number of alkyl halides is 3. The molecule has 2 atom stereocenters. The lowest BCUT2D eigenvalue weighted by molar-refractivity contribution is -0.173. The van der Waals surface area contributed by atoms with Gasteiger partial charge in [0.25, 0.3) is 5.91 Å². The summed E-state index contributed by atoms with van der Waals surface area (Å²) in [6, 6.07) is 15.8. The van der Waals surface area contributed by atoms with Crippen LogP contribution in [0.2, 0.25) is 0 Å². The Bertz CT molecular complexity index is 1100. The zero-order valence-corrected chi connectivity index (χ0v) is 15.5. The zero-order chi connectivity index (χ0) is 21.3. The Kier molecular flexibility index (Phi) is 4.91. The van der Waals surface area contributed by atoms with E-state index in [2.05, 4.69) is 15.7 Å². The van der Waals surface area contributed by atoms with Gasteiger partial charge in [-0.05, 0) is 29.8 Å². The Morgan fingerprint density at radius 1 is 1.17 bits per heavy atom. The number of carbonyl (C=O) groups is 1. The first-order chi connectivity index (χ1) is 14.3. The number of nitrogens with one attached hydrogen (secondary N) is 2. The molecular formula is C21H16F3N5O. The zero-order valence-electron chi connectivity index (χ0n) is 15.5. The summed E-state index contributed by atoms with van der Waals surface area (Å²) in [4.78, 5) is 12.5. The van der Waals surface area contributed by atoms with Gasteiger partial charge in [-0.1, -0.05) is 30.3 Å². The highest BCUT2D eigenvalue weighted by Gasteiger charge is 2.46. The fraction of sp³-hybridized carbons (Fsp3) is 0.190. The number of nitrogens with zero attached hydrogens (tertiary/aromatic N) is 3. The number of fused-ring (bicyclic) bond motifs is 1. The van der Waals surface area contributed by atoms with Crippen molar-refractivity contribution in [2.24, 2.45) is 0 Å². The van der Waals surface area contributed by atoms with E-state index in [1.54, 1.807) is 30.3 Å². The first-order valence-electron chi connectivity index (χ1n) is 9.14. The van der Waals surface area contributed by atoms with Crippen LogP contribution >= 0.6 is 0 Å². The lowest BCUT2D eigenvalue weighted by Gasteiger charge is -2.33. The molecule has 30 heavy (non-hydrogen) atoms. The smallest absolute Gasteiger partial charge is 0.363 e. The van der Waals surface area contributed by atoms with Gasteiger partial charge in [-0.25, -0.2) is 4.68 Å². The molecule has 1 amide bonds. The third-order valence-corrected chi connectivity index (χ3v) is 4.90. The molecule has 9 heteroatoms. The second-order valence-corrected chi connectivity index (χ2v) is 6.90. The highest BCUT2D eigenvalue weighted by atomic mass is 19.4. The number of anilines is 2. The third-order valence-electron chi connectivity index (χ3n) is 4.90. The number of aromatic nitrogens is 2. The summed E-state index contributed by atoms with van der Waals surface area (Å²) >= 11 is 0. The number of hydrogen-bond acceptors (Lipinski definition) is 4. The Morgan fingerprint density at radius 3 is 2.50 bits per heavy atom. The van der Waals surface area contributed by atoms with E-state index in [-0.39, 0.29) is 17.9 Å². The van der Waals surface area contributed by atoms with E-state index in [0.29, 0.717) is 11.3 Å². The molecule has 0 radical (unpaired) electrons. The molecule has 152 valence electrons. The van der Waals surface area contributed by atoms with E-state index in [1.807, 2.05) is 6.07 Å². The van der Waals surface area contributed by atoms with Crippen LogP contribution in [-0.4, -0.2) is 21.9 Å². The fourth-order valence-electron chi connectivity index (χ4n) is 3.41. The lowest BCUT2D eigenvalue weighted by Crippen LogP contribution is -2.35. The Labute approximate surface area is 169 Å². The number of halogens is 3. The fourth-order valence-corrected chi connectivity index (χ4v) is 3.41. The van der Waals surface area contributed by atoms with E-state index in [4.69, 9.17) is 5.26 Å². The maximum Gasteiger partial charge on any atom is 0.410 e. The van der Waals surface area contributed by atoms with Gasteiger partial charge in [0.1, 0.15) is 5.82 Å². The maximum atomic E-state index is 13.7. The Balaban J connectivity index is 1.62. The van der Waals surface area contributed by atoms with Crippen molar-refractivity contribution < 1.29 is 18.0 Å². The van der Waals surface area contributed by atoms with Crippen molar-refractivity contribution in [2.45, 2.75) is 24.7 Å². The summed E-state index contributed by atoms with van der Waals surface area (Å²) in [5.74, 6) is -0.511. The van der Waals surface area contributed by atoms with Crippen molar-refractivity contribution in [1.29, 1.82) is 5.26 Å². The van der Waals surface area contributed by atoms with Crippen LogP contribution in [0.4, 0.5) is 24.7 Å². The molecule has 0 saturated heterocycles. The van der Waals surface area contributed by atoms with E-state index in [0.717, 1.165) is 10.2 Å². The SMILES string of the molecule is N#Cc1ccc(NC(=O)c2cc3n(n2)C(C(F)(F)F)CC(c2ccccc2)N3)cc1.